The molecule has 11 nitrogen and oxygen atoms in total. The largest absolute Gasteiger partial charge is 0.383 e. The number of anilines is 1. The number of carbonyl (C=O) groups excluding carboxylic acids is 2. The number of nitrogens with one attached hydrogen (secondary N) is 3. The molecule has 1 heterocycles. The molecule has 0 radical (unpaired) electrons. The summed E-state index contributed by atoms with van der Waals surface area (Å²) in [4.78, 5) is 42.2. The van der Waals surface area contributed by atoms with E-state index in [0.717, 1.165) is 25.7 Å². The molecular formula is C22H40N8O3. The molecule has 0 aliphatic rings. The van der Waals surface area contributed by atoms with Crippen LogP contribution in [0.3, 0.4) is 0 Å². The normalized spacial score (nSPS) is 12.9. The van der Waals surface area contributed by atoms with Crippen molar-refractivity contribution in [2.45, 2.75) is 72.0 Å². The number of Topliss-reactive ketones (excluding diaryl/α,β-unsaturated/α-hetero) is 1. The second-order valence-corrected chi connectivity index (χ2v) is 8.49. The third-order valence-electron chi connectivity index (χ3n) is 5.66. The van der Waals surface area contributed by atoms with E-state index in [1.165, 1.54) is 28.7 Å². The average Bonchev–Trinajstić information content (AvgIpc) is 2.74. The van der Waals surface area contributed by atoms with Crippen LogP contribution in [-0.2, 0) is 16.1 Å². The molecule has 7 N–H and O–H groups in total. The van der Waals surface area contributed by atoms with E-state index in [2.05, 4.69) is 36.4 Å². The first-order chi connectivity index (χ1) is 15.6. The topological polar surface area (TPSA) is 172 Å². The molecule has 0 fully saturated rings. The molecule has 0 spiro atoms. The van der Waals surface area contributed by atoms with Gasteiger partial charge in [0.15, 0.2) is 5.96 Å². The van der Waals surface area contributed by atoms with E-state index in [-0.39, 0.29) is 54.6 Å². The van der Waals surface area contributed by atoms with E-state index in [4.69, 9.17) is 16.9 Å². The number of aromatic nitrogens is 2. The highest BCUT2D eigenvalue weighted by Gasteiger charge is 2.26. The quantitative estimate of drug-likeness (QED) is 0.140. The highest BCUT2D eigenvalue weighted by Crippen LogP contribution is 2.15. The van der Waals surface area contributed by atoms with Gasteiger partial charge in [-0.15, -0.1) is 0 Å². The van der Waals surface area contributed by atoms with Crippen LogP contribution in [0.5, 0.6) is 0 Å². The summed E-state index contributed by atoms with van der Waals surface area (Å²) >= 11 is 0. The second-order valence-electron chi connectivity index (χ2n) is 8.49. The zero-order chi connectivity index (χ0) is 25.0. The maximum Gasteiger partial charge on any atom is 0.349 e. The van der Waals surface area contributed by atoms with E-state index < -0.39 is 5.69 Å². The van der Waals surface area contributed by atoms with Crippen molar-refractivity contribution >= 4 is 23.5 Å². The first kappa shape index (κ1) is 28.1. The highest BCUT2D eigenvalue weighted by atomic mass is 16.2. The van der Waals surface area contributed by atoms with Gasteiger partial charge >= 0.3 is 5.69 Å². The van der Waals surface area contributed by atoms with Crippen molar-refractivity contribution in [3.63, 3.8) is 0 Å². The monoisotopic (exact) mass is 464 g/mol. The van der Waals surface area contributed by atoms with Gasteiger partial charge in [-0.3, -0.25) is 19.6 Å². The van der Waals surface area contributed by atoms with Gasteiger partial charge in [0, 0.05) is 31.4 Å². The van der Waals surface area contributed by atoms with Crippen molar-refractivity contribution in [3.8, 4) is 0 Å². The lowest BCUT2D eigenvalue weighted by Crippen LogP contribution is -2.52. The number of amides is 1. The Morgan fingerprint density at radius 3 is 2.52 bits per heavy atom. The standard InChI is InChI=1S/C22H40N8O3/c1-5-17(6-2)27-18(15(3)8-7-10-26-21(24)25)13-30(12-16(4)31)20(32)14-29-11-9-19(23)28-22(29)33/h9,11,15,17-18,27H,5-8,10,12-14H2,1-4H3,(H2,23,28,33)(H4,24,25,26)/t15-,18+/m0/s1. The van der Waals surface area contributed by atoms with Crippen molar-refractivity contribution in [1.82, 2.24) is 25.1 Å². The number of carbonyl (C=O) groups is 2. The summed E-state index contributed by atoms with van der Waals surface area (Å²) in [6.45, 7) is 8.46. The van der Waals surface area contributed by atoms with Crippen molar-refractivity contribution < 1.29 is 9.59 Å². The molecule has 0 aliphatic carbocycles. The van der Waals surface area contributed by atoms with E-state index in [9.17, 15) is 14.4 Å². The Hall–Kier alpha value is -2.95. The fourth-order valence-corrected chi connectivity index (χ4v) is 3.64. The molecule has 0 bridgehead atoms. The summed E-state index contributed by atoms with van der Waals surface area (Å²) in [6, 6.07) is 1.70. The Kier molecular flexibility index (Phi) is 12.1. The van der Waals surface area contributed by atoms with Crippen molar-refractivity contribution in [3.05, 3.63) is 22.7 Å². The number of nitrogens with zero attached hydrogens (tertiary/aromatic N) is 3. The number of hydrogen-bond acceptors (Lipinski definition) is 7. The van der Waals surface area contributed by atoms with Crippen LogP contribution in [0.15, 0.2) is 17.1 Å². The molecule has 0 saturated carbocycles. The Morgan fingerprint density at radius 2 is 1.97 bits per heavy atom. The smallest absolute Gasteiger partial charge is 0.349 e. The van der Waals surface area contributed by atoms with Gasteiger partial charge in [0.2, 0.25) is 5.91 Å². The first-order valence-electron chi connectivity index (χ1n) is 11.5. The summed E-state index contributed by atoms with van der Waals surface area (Å²) in [7, 11) is 0. The number of ketones is 1. The zero-order valence-corrected chi connectivity index (χ0v) is 20.3. The lowest BCUT2D eigenvalue weighted by atomic mass is 9.94. The maximum absolute atomic E-state index is 13.1. The van der Waals surface area contributed by atoms with Gasteiger partial charge in [-0.2, -0.15) is 4.98 Å². The van der Waals surface area contributed by atoms with Crippen LogP contribution in [-0.4, -0.2) is 63.8 Å². The molecular weight excluding hydrogens is 424 g/mol. The SMILES string of the molecule is CCC(CC)N[C@H](CN(CC(C)=O)C(=O)Cn1ccc(N)nc1=O)[C@@H](C)CCCNC(=N)N. The fourth-order valence-electron chi connectivity index (χ4n) is 3.64. The molecule has 1 aromatic rings. The van der Waals surface area contributed by atoms with Crippen LogP contribution in [0.25, 0.3) is 0 Å². The molecule has 186 valence electrons. The van der Waals surface area contributed by atoms with Crippen molar-refractivity contribution in [2.24, 2.45) is 11.7 Å². The minimum absolute atomic E-state index is 0.0321. The molecule has 0 aliphatic heterocycles. The minimum Gasteiger partial charge on any atom is -0.383 e. The lowest BCUT2D eigenvalue weighted by molar-refractivity contribution is -0.136. The van der Waals surface area contributed by atoms with Gasteiger partial charge < -0.3 is 27.0 Å². The average molecular weight is 465 g/mol. The predicted molar refractivity (Wildman–Crippen MR) is 130 cm³/mol. The van der Waals surface area contributed by atoms with Crippen LogP contribution in [0.2, 0.25) is 0 Å². The molecule has 33 heavy (non-hydrogen) atoms. The van der Waals surface area contributed by atoms with E-state index in [1.54, 1.807) is 0 Å². The highest BCUT2D eigenvalue weighted by molar-refractivity contribution is 5.84. The molecule has 1 amide bonds. The predicted octanol–water partition coefficient (Wildman–Crippen LogP) is 0.289. The van der Waals surface area contributed by atoms with Gasteiger partial charge in [0.05, 0.1) is 6.54 Å². The summed E-state index contributed by atoms with van der Waals surface area (Å²) in [5, 5.41) is 13.7. The zero-order valence-electron chi connectivity index (χ0n) is 20.3. The molecule has 0 unspecified atom stereocenters. The Bertz CT molecular complexity index is 837. The number of rotatable bonds is 15. The van der Waals surface area contributed by atoms with Gasteiger partial charge in [0.25, 0.3) is 0 Å². The van der Waals surface area contributed by atoms with Gasteiger partial charge in [-0.05, 0) is 44.6 Å². The van der Waals surface area contributed by atoms with Crippen LogP contribution >= 0.6 is 0 Å². The van der Waals surface area contributed by atoms with Crippen molar-refractivity contribution in [2.75, 3.05) is 25.4 Å². The minimum atomic E-state index is -0.607. The number of guanidine groups is 1. The molecule has 1 rings (SSSR count). The van der Waals surface area contributed by atoms with Gasteiger partial charge in [-0.25, -0.2) is 4.79 Å². The molecule has 1 aromatic heterocycles. The van der Waals surface area contributed by atoms with Crippen LogP contribution in [0, 0.1) is 11.3 Å². The fraction of sp³-hybridized carbons (Fsp3) is 0.682. The van der Waals surface area contributed by atoms with Crippen LogP contribution < -0.4 is 27.8 Å². The van der Waals surface area contributed by atoms with Crippen LogP contribution in [0.4, 0.5) is 5.82 Å². The van der Waals surface area contributed by atoms with Crippen molar-refractivity contribution in [1.29, 1.82) is 5.41 Å². The first-order valence-corrected chi connectivity index (χ1v) is 11.5. The lowest BCUT2D eigenvalue weighted by Gasteiger charge is -2.34. The summed E-state index contributed by atoms with van der Waals surface area (Å²) in [6.07, 6.45) is 4.98. The Labute approximate surface area is 195 Å². The Balaban J connectivity index is 3.00. The summed E-state index contributed by atoms with van der Waals surface area (Å²) in [5.41, 5.74) is 10.3. The molecule has 2 atom stereocenters. The number of hydrogen-bond donors (Lipinski definition) is 5. The number of nitrogens with two attached hydrogens (primary N) is 2. The van der Waals surface area contributed by atoms with Gasteiger partial charge in [-0.1, -0.05) is 20.8 Å². The van der Waals surface area contributed by atoms with E-state index >= 15 is 0 Å². The maximum atomic E-state index is 13.1. The Morgan fingerprint density at radius 1 is 1.30 bits per heavy atom. The summed E-state index contributed by atoms with van der Waals surface area (Å²) in [5.74, 6) is -0.235. The van der Waals surface area contributed by atoms with Crippen LogP contribution in [0.1, 0.15) is 53.4 Å². The summed E-state index contributed by atoms with van der Waals surface area (Å²) < 4.78 is 1.19. The van der Waals surface area contributed by atoms with E-state index in [0.29, 0.717) is 13.1 Å². The second kappa shape index (κ2) is 14.2. The third kappa shape index (κ3) is 10.5. The van der Waals surface area contributed by atoms with E-state index in [1.807, 2.05) is 0 Å². The number of nitrogen functional groups attached to an aromatic ring is 1. The third-order valence-corrected chi connectivity index (χ3v) is 5.66. The molecule has 11 heteroatoms. The molecule has 0 aromatic carbocycles. The van der Waals surface area contributed by atoms with Gasteiger partial charge in [0.1, 0.15) is 18.1 Å². The molecule has 0 saturated heterocycles.